The summed E-state index contributed by atoms with van der Waals surface area (Å²) in [5.41, 5.74) is -0.245. The van der Waals surface area contributed by atoms with Gasteiger partial charge in [0.05, 0.1) is 0 Å². The van der Waals surface area contributed by atoms with E-state index in [0.717, 1.165) is 0 Å². The van der Waals surface area contributed by atoms with Crippen LogP contribution in [-0.4, -0.2) is 31.1 Å². The smallest absolute Gasteiger partial charge is 0.341 e. The lowest BCUT2D eigenvalue weighted by Gasteiger charge is -2.19. The largest absolute Gasteiger partial charge is 0.479 e. The van der Waals surface area contributed by atoms with Gasteiger partial charge in [0.1, 0.15) is 0 Å². The van der Waals surface area contributed by atoms with E-state index in [0.29, 0.717) is 0 Å². The maximum Gasteiger partial charge on any atom is 0.341 e. The third kappa shape index (κ3) is 3.40. The molecule has 0 unspecified atom stereocenters. The molecular formula is C10H13N3O4. The van der Waals surface area contributed by atoms with Gasteiger partial charge in [-0.3, -0.25) is 0 Å². The first-order chi connectivity index (χ1) is 7.70. The fourth-order valence-corrected chi connectivity index (χ4v) is 0.832. The van der Waals surface area contributed by atoms with Gasteiger partial charge in [-0.05, 0) is 5.41 Å². The average Bonchev–Trinajstić information content (AvgIpc) is 2.13. The Labute approximate surface area is 97.8 Å². The second-order valence-corrected chi connectivity index (χ2v) is 4.34. The molecule has 7 heteroatoms. The van der Waals surface area contributed by atoms with Crippen molar-refractivity contribution in [3.05, 3.63) is 12.2 Å². The molecule has 0 amide bonds. The lowest BCUT2D eigenvalue weighted by Crippen LogP contribution is -2.22. The molecule has 1 rings (SSSR count). The molecular weight excluding hydrogens is 226 g/mol. The topological polar surface area (TPSA) is 105 Å². The highest BCUT2D eigenvalue weighted by Crippen LogP contribution is 2.25. The number of carbonyl (C=O) groups excluding carboxylic acids is 1. The second-order valence-electron chi connectivity index (χ2n) is 4.34. The monoisotopic (exact) mass is 239 g/mol. The maximum absolute atomic E-state index is 11.6. The highest BCUT2D eigenvalue weighted by molar-refractivity contribution is 5.90. The van der Waals surface area contributed by atoms with E-state index in [1.54, 1.807) is 20.8 Å². The number of aromatic nitrogens is 3. The summed E-state index contributed by atoms with van der Waals surface area (Å²) in [7, 11) is 0. The fraction of sp³-hybridized carbons (Fsp3) is 0.400. The van der Waals surface area contributed by atoms with E-state index in [9.17, 15) is 4.79 Å². The second kappa shape index (κ2) is 4.36. The number of ether oxygens (including phenoxy) is 1. The molecule has 1 aromatic rings. The van der Waals surface area contributed by atoms with E-state index in [1.165, 1.54) is 0 Å². The van der Waals surface area contributed by atoms with E-state index in [-0.39, 0.29) is 5.57 Å². The Morgan fingerprint density at radius 1 is 1.18 bits per heavy atom. The SMILES string of the molecule is C=C(C(=O)Oc1nc(O)nc(O)n1)C(C)(C)C. The first-order valence-corrected chi connectivity index (χ1v) is 4.75. The zero-order valence-corrected chi connectivity index (χ0v) is 9.76. The van der Waals surface area contributed by atoms with E-state index in [1.807, 2.05) is 0 Å². The average molecular weight is 239 g/mol. The number of aromatic hydroxyl groups is 2. The normalized spacial score (nSPS) is 11.0. The van der Waals surface area contributed by atoms with Crippen molar-refractivity contribution >= 4 is 5.97 Å². The van der Waals surface area contributed by atoms with Crippen molar-refractivity contribution in [3.63, 3.8) is 0 Å². The summed E-state index contributed by atoms with van der Waals surface area (Å²) >= 11 is 0. The molecule has 0 aliphatic heterocycles. The van der Waals surface area contributed by atoms with Crippen molar-refractivity contribution in [1.29, 1.82) is 0 Å². The highest BCUT2D eigenvalue weighted by atomic mass is 16.6. The summed E-state index contributed by atoms with van der Waals surface area (Å²) in [6.45, 7) is 8.97. The molecule has 0 spiro atoms. The van der Waals surface area contributed by atoms with Gasteiger partial charge in [0.15, 0.2) is 0 Å². The van der Waals surface area contributed by atoms with Gasteiger partial charge in [0.2, 0.25) is 0 Å². The quantitative estimate of drug-likeness (QED) is 0.580. The zero-order valence-electron chi connectivity index (χ0n) is 9.76. The zero-order chi connectivity index (χ0) is 13.2. The molecule has 1 aromatic heterocycles. The van der Waals surface area contributed by atoms with Gasteiger partial charge in [-0.25, -0.2) is 4.79 Å². The van der Waals surface area contributed by atoms with Gasteiger partial charge in [0.25, 0.3) is 0 Å². The van der Waals surface area contributed by atoms with Crippen LogP contribution in [0.2, 0.25) is 0 Å². The molecule has 92 valence electrons. The molecule has 0 aliphatic carbocycles. The van der Waals surface area contributed by atoms with Crippen LogP contribution in [0.4, 0.5) is 0 Å². The van der Waals surface area contributed by atoms with Gasteiger partial charge in [-0.1, -0.05) is 27.4 Å². The standard InChI is InChI=1S/C10H13N3O4/c1-5(10(2,3)4)6(14)17-9-12-7(15)11-8(16)13-9/h1H2,2-4H3,(H2,11,12,13,15,16). The van der Waals surface area contributed by atoms with Gasteiger partial charge in [-0.2, -0.15) is 0 Å². The molecule has 7 nitrogen and oxygen atoms in total. The van der Waals surface area contributed by atoms with Crippen LogP contribution >= 0.6 is 0 Å². The number of esters is 1. The molecule has 0 saturated heterocycles. The van der Waals surface area contributed by atoms with Gasteiger partial charge in [-0.15, -0.1) is 15.0 Å². The van der Waals surface area contributed by atoms with E-state index >= 15 is 0 Å². The maximum atomic E-state index is 11.6. The van der Waals surface area contributed by atoms with Crippen molar-refractivity contribution in [1.82, 2.24) is 15.0 Å². The minimum Gasteiger partial charge on any atom is -0.479 e. The minimum atomic E-state index is -0.735. The molecule has 0 saturated carbocycles. The molecule has 0 bridgehead atoms. The Morgan fingerprint density at radius 3 is 2.06 bits per heavy atom. The van der Waals surface area contributed by atoms with Gasteiger partial charge >= 0.3 is 24.0 Å². The lowest BCUT2D eigenvalue weighted by molar-refractivity contribution is -0.131. The van der Waals surface area contributed by atoms with E-state index in [4.69, 9.17) is 14.9 Å². The number of carbonyl (C=O) groups is 1. The number of rotatable bonds is 2. The Kier molecular flexibility index (Phi) is 3.31. The van der Waals surface area contributed by atoms with Crippen molar-refractivity contribution < 1.29 is 19.7 Å². The molecule has 0 atom stereocenters. The summed E-state index contributed by atoms with van der Waals surface area (Å²) in [5, 5.41) is 17.9. The number of hydrogen-bond donors (Lipinski definition) is 2. The molecule has 0 aromatic carbocycles. The van der Waals surface area contributed by atoms with E-state index < -0.39 is 29.4 Å². The van der Waals surface area contributed by atoms with Gasteiger partial charge in [0, 0.05) is 5.57 Å². The van der Waals surface area contributed by atoms with Crippen molar-refractivity contribution in [2.24, 2.45) is 5.41 Å². The summed E-state index contributed by atoms with van der Waals surface area (Å²) in [6, 6.07) is -1.95. The van der Waals surface area contributed by atoms with E-state index in [2.05, 4.69) is 21.5 Å². The van der Waals surface area contributed by atoms with Gasteiger partial charge < -0.3 is 14.9 Å². The molecule has 0 aliphatic rings. The Bertz CT molecular complexity index is 445. The minimum absolute atomic E-state index is 0.219. The first-order valence-electron chi connectivity index (χ1n) is 4.75. The Hall–Kier alpha value is -2.18. The van der Waals surface area contributed by atoms with Crippen LogP contribution in [0, 0.1) is 5.41 Å². The fourth-order valence-electron chi connectivity index (χ4n) is 0.832. The third-order valence-electron chi connectivity index (χ3n) is 1.93. The van der Waals surface area contributed by atoms with Crippen LogP contribution in [-0.2, 0) is 4.79 Å². The Balaban J connectivity index is 2.85. The van der Waals surface area contributed by atoms with Crippen LogP contribution < -0.4 is 4.74 Å². The predicted octanol–water partition coefficient (Wildman–Crippen LogP) is 0.790. The van der Waals surface area contributed by atoms with Crippen LogP contribution in [0.25, 0.3) is 0 Å². The molecule has 0 radical (unpaired) electrons. The molecule has 0 fully saturated rings. The van der Waals surface area contributed by atoms with Crippen LogP contribution in [0.3, 0.4) is 0 Å². The lowest BCUT2D eigenvalue weighted by atomic mass is 9.88. The van der Waals surface area contributed by atoms with Crippen molar-refractivity contribution in [2.45, 2.75) is 20.8 Å². The van der Waals surface area contributed by atoms with Crippen LogP contribution in [0.5, 0.6) is 18.0 Å². The first kappa shape index (κ1) is 12.9. The Morgan fingerprint density at radius 2 is 1.65 bits per heavy atom. The van der Waals surface area contributed by atoms with Crippen molar-refractivity contribution in [2.75, 3.05) is 0 Å². The van der Waals surface area contributed by atoms with Crippen LogP contribution in [0.1, 0.15) is 20.8 Å². The van der Waals surface area contributed by atoms with Crippen molar-refractivity contribution in [3.8, 4) is 18.0 Å². The molecule has 1 heterocycles. The molecule has 17 heavy (non-hydrogen) atoms. The van der Waals surface area contributed by atoms with Crippen LogP contribution in [0.15, 0.2) is 12.2 Å². The number of hydrogen-bond acceptors (Lipinski definition) is 7. The third-order valence-corrected chi connectivity index (χ3v) is 1.93. The summed E-state index contributed by atoms with van der Waals surface area (Å²) in [4.78, 5) is 21.4. The molecule has 2 N–H and O–H groups in total. The summed E-state index contributed by atoms with van der Waals surface area (Å²) in [5.74, 6) is -0.734. The predicted molar refractivity (Wildman–Crippen MR) is 57.4 cm³/mol. The summed E-state index contributed by atoms with van der Waals surface area (Å²) < 4.78 is 4.74. The highest BCUT2D eigenvalue weighted by Gasteiger charge is 2.24. The summed E-state index contributed by atoms with van der Waals surface area (Å²) in [6.07, 6.45) is 0. The number of nitrogens with zero attached hydrogens (tertiary/aromatic N) is 3.